The number of nitrogens with one attached hydrogen (secondary N) is 1. The number of β-amino-alcohol motifs (C(OH)–C–C–N with tert-alkyl or cyclic N) is 1. The van der Waals surface area contributed by atoms with E-state index in [9.17, 15) is 24.6 Å². The van der Waals surface area contributed by atoms with E-state index in [0.29, 0.717) is 51.1 Å². The molecule has 1 amide bonds. The number of carbonyl (C=O) groups excluding carboxylic acids is 1. The summed E-state index contributed by atoms with van der Waals surface area (Å²) in [4.78, 5) is 51.9. The Kier molecular flexibility index (Phi) is 10.0. The highest BCUT2D eigenvalue weighted by Crippen LogP contribution is 2.33. The molecule has 0 bridgehead atoms. The number of amides is 1. The van der Waals surface area contributed by atoms with Crippen LogP contribution in [-0.4, -0.2) is 78.7 Å². The van der Waals surface area contributed by atoms with Gasteiger partial charge in [-0.1, -0.05) is 30.3 Å². The Morgan fingerprint density at radius 1 is 0.904 bits per heavy atom. The first-order valence-electron chi connectivity index (χ1n) is 17.8. The molecule has 268 valence electrons. The van der Waals surface area contributed by atoms with Crippen LogP contribution in [0.4, 0.5) is 5.69 Å². The monoisotopic (exact) mass is 700 g/mol. The normalized spacial score (nSPS) is 17.9. The van der Waals surface area contributed by atoms with Crippen molar-refractivity contribution in [3.8, 4) is 11.1 Å². The molecule has 2 fully saturated rings. The maximum Gasteiger partial charge on any atom is 0.307 e. The molecule has 52 heavy (non-hydrogen) atoms. The average Bonchev–Trinajstić information content (AvgIpc) is 3.77. The molecule has 2 aliphatic rings. The summed E-state index contributed by atoms with van der Waals surface area (Å²) >= 11 is 0. The number of hydrogen-bond acceptors (Lipinski definition) is 8. The molecule has 11 heteroatoms. The second-order valence-corrected chi connectivity index (χ2v) is 14.3. The third kappa shape index (κ3) is 7.38. The lowest BCUT2D eigenvalue weighted by molar-refractivity contribution is -0.141. The van der Waals surface area contributed by atoms with Crippen LogP contribution in [0.3, 0.4) is 0 Å². The molecule has 5 aromatic rings. The van der Waals surface area contributed by atoms with E-state index in [2.05, 4.69) is 40.2 Å². The molecular formula is C41H44N6O5. The summed E-state index contributed by atoms with van der Waals surface area (Å²) in [6, 6.07) is 17.8. The number of rotatable bonds is 10. The standard InChI is InChI=1S/C41H44N6O5/c1-25-29(18-37-38-30(10-13-42-37)16-27(19-43-38)21-46-14-11-31(23-46)41(51)52)6-4-7-33(25)34-8-5-9-36(26(34)2)44-39(49)35-17-28(20-45(3)40(35)50)22-47-15-12-32(48)24-47/h4-10,13,16-17,19-20,31-32,48H,11-12,14-15,18,21-24H2,1-3H3,(H,44,49)(H,51,52)/t31-,32-/m1/s1. The molecule has 0 spiro atoms. The Morgan fingerprint density at radius 3 is 2.38 bits per heavy atom. The fourth-order valence-electron chi connectivity index (χ4n) is 7.66. The molecule has 2 saturated heterocycles. The van der Waals surface area contributed by atoms with Crippen LogP contribution in [-0.2, 0) is 31.4 Å². The van der Waals surface area contributed by atoms with E-state index in [4.69, 9.17) is 9.97 Å². The SMILES string of the molecule is Cc1c(Cc2nccc3cc(CN4CC[C@@H](C(=O)O)C4)cnc23)cccc1-c1cccc(NC(=O)c2cc(CN3CC[C@@H](O)C3)cn(C)c2=O)c1C. The number of aryl methyl sites for hydroxylation is 1. The van der Waals surface area contributed by atoms with Gasteiger partial charge in [-0.25, -0.2) is 0 Å². The number of fused-ring (bicyclic) bond motifs is 1. The van der Waals surface area contributed by atoms with Gasteiger partial charge in [0.15, 0.2) is 0 Å². The predicted molar refractivity (Wildman–Crippen MR) is 200 cm³/mol. The van der Waals surface area contributed by atoms with Gasteiger partial charge in [-0.3, -0.25) is 34.2 Å². The third-order valence-corrected chi connectivity index (χ3v) is 10.6. The van der Waals surface area contributed by atoms with Crippen LogP contribution in [0.2, 0.25) is 0 Å². The highest BCUT2D eigenvalue weighted by atomic mass is 16.4. The number of aromatic nitrogens is 3. The Balaban J connectivity index is 1.10. The molecule has 0 aliphatic carbocycles. The van der Waals surface area contributed by atoms with E-state index < -0.39 is 11.9 Å². The number of carboxylic acids is 1. The quantitative estimate of drug-likeness (QED) is 0.185. The lowest BCUT2D eigenvalue weighted by Crippen LogP contribution is -2.29. The van der Waals surface area contributed by atoms with Crippen LogP contribution < -0.4 is 10.9 Å². The Bertz CT molecular complexity index is 2230. The molecule has 2 aromatic carbocycles. The number of likely N-dealkylation sites (tertiary alicyclic amines) is 2. The molecule has 0 radical (unpaired) electrons. The molecule has 3 N–H and O–H groups in total. The Labute approximate surface area is 302 Å². The van der Waals surface area contributed by atoms with Gasteiger partial charge in [-0.05, 0) is 96.4 Å². The van der Waals surface area contributed by atoms with Gasteiger partial charge in [0.1, 0.15) is 5.56 Å². The first kappa shape index (κ1) is 35.2. The zero-order chi connectivity index (χ0) is 36.5. The van der Waals surface area contributed by atoms with E-state index in [1.165, 1.54) is 4.57 Å². The zero-order valence-corrected chi connectivity index (χ0v) is 29.8. The zero-order valence-electron chi connectivity index (χ0n) is 29.8. The van der Waals surface area contributed by atoms with Gasteiger partial charge < -0.3 is 20.1 Å². The smallest absolute Gasteiger partial charge is 0.307 e. The average molecular weight is 701 g/mol. The second-order valence-electron chi connectivity index (χ2n) is 14.3. The number of aliphatic hydroxyl groups excluding tert-OH is 1. The number of aliphatic hydroxyl groups is 1. The van der Waals surface area contributed by atoms with Crippen molar-refractivity contribution in [2.75, 3.05) is 31.5 Å². The predicted octanol–water partition coefficient (Wildman–Crippen LogP) is 4.93. The molecule has 3 aromatic heterocycles. The summed E-state index contributed by atoms with van der Waals surface area (Å²) in [6.45, 7) is 7.95. The second kappa shape index (κ2) is 14.8. The Morgan fingerprint density at radius 2 is 1.63 bits per heavy atom. The van der Waals surface area contributed by atoms with Crippen molar-refractivity contribution in [2.24, 2.45) is 13.0 Å². The summed E-state index contributed by atoms with van der Waals surface area (Å²) in [5.74, 6) is -1.50. The fraction of sp³-hybridized carbons (Fsp3) is 0.341. The van der Waals surface area contributed by atoms with Crippen molar-refractivity contribution in [2.45, 2.75) is 52.3 Å². The van der Waals surface area contributed by atoms with Crippen molar-refractivity contribution in [1.82, 2.24) is 24.3 Å². The third-order valence-electron chi connectivity index (χ3n) is 10.6. The largest absolute Gasteiger partial charge is 0.481 e. The number of nitrogens with zero attached hydrogens (tertiary/aromatic N) is 5. The molecule has 7 rings (SSSR count). The Hall–Kier alpha value is -5.23. The molecule has 2 atom stereocenters. The number of carboxylic acid groups (broad SMARTS) is 1. The van der Waals surface area contributed by atoms with Gasteiger partial charge in [0.25, 0.3) is 11.5 Å². The summed E-state index contributed by atoms with van der Waals surface area (Å²) in [5.41, 5.74) is 9.06. The van der Waals surface area contributed by atoms with Crippen LogP contribution in [0.5, 0.6) is 0 Å². The van der Waals surface area contributed by atoms with Gasteiger partial charge in [0, 0.05) is 75.9 Å². The molecule has 5 heterocycles. The first-order chi connectivity index (χ1) is 25.0. The van der Waals surface area contributed by atoms with Crippen molar-refractivity contribution in [3.63, 3.8) is 0 Å². The van der Waals surface area contributed by atoms with Crippen molar-refractivity contribution in [3.05, 3.63) is 123 Å². The minimum Gasteiger partial charge on any atom is -0.481 e. The van der Waals surface area contributed by atoms with Crippen LogP contribution in [0.25, 0.3) is 22.0 Å². The minimum absolute atomic E-state index is 0.0777. The summed E-state index contributed by atoms with van der Waals surface area (Å²) < 4.78 is 1.45. The van der Waals surface area contributed by atoms with Gasteiger partial charge in [-0.15, -0.1) is 0 Å². The van der Waals surface area contributed by atoms with E-state index >= 15 is 0 Å². The van der Waals surface area contributed by atoms with Crippen molar-refractivity contribution < 1.29 is 19.8 Å². The topological polar surface area (TPSA) is 141 Å². The number of anilines is 1. The number of hydrogen-bond donors (Lipinski definition) is 3. The van der Waals surface area contributed by atoms with Gasteiger partial charge >= 0.3 is 5.97 Å². The van der Waals surface area contributed by atoms with Crippen LogP contribution in [0.15, 0.2) is 78.0 Å². The number of aliphatic carboxylic acids is 1. The number of carbonyl (C=O) groups is 2. The lowest BCUT2D eigenvalue weighted by Gasteiger charge is -2.18. The van der Waals surface area contributed by atoms with Crippen LogP contribution in [0.1, 0.15) is 56.7 Å². The van der Waals surface area contributed by atoms with Gasteiger partial charge in [0.2, 0.25) is 0 Å². The van der Waals surface area contributed by atoms with Crippen LogP contribution >= 0.6 is 0 Å². The maximum absolute atomic E-state index is 13.6. The van der Waals surface area contributed by atoms with Crippen molar-refractivity contribution >= 4 is 28.5 Å². The fourth-order valence-corrected chi connectivity index (χ4v) is 7.66. The van der Waals surface area contributed by atoms with E-state index in [1.54, 1.807) is 19.3 Å². The molecular weight excluding hydrogens is 656 g/mol. The summed E-state index contributed by atoms with van der Waals surface area (Å²) in [5, 5.41) is 23.3. The molecule has 0 unspecified atom stereocenters. The molecule has 11 nitrogen and oxygen atoms in total. The van der Waals surface area contributed by atoms with Gasteiger partial charge in [-0.2, -0.15) is 0 Å². The summed E-state index contributed by atoms with van der Waals surface area (Å²) in [7, 11) is 1.65. The van der Waals surface area contributed by atoms with Crippen LogP contribution in [0, 0.1) is 19.8 Å². The summed E-state index contributed by atoms with van der Waals surface area (Å²) in [6.07, 6.45) is 7.06. The first-order valence-corrected chi connectivity index (χ1v) is 17.8. The number of benzene rings is 2. The van der Waals surface area contributed by atoms with Crippen molar-refractivity contribution in [1.29, 1.82) is 0 Å². The number of pyridine rings is 3. The molecule has 2 aliphatic heterocycles. The molecule has 0 saturated carbocycles. The highest BCUT2D eigenvalue weighted by molar-refractivity contribution is 6.05. The highest BCUT2D eigenvalue weighted by Gasteiger charge is 2.28. The lowest BCUT2D eigenvalue weighted by atomic mass is 9.91. The maximum atomic E-state index is 13.6. The minimum atomic E-state index is -0.731. The van der Waals surface area contributed by atoms with E-state index in [1.807, 2.05) is 49.6 Å². The van der Waals surface area contributed by atoms with E-state index in [-0.39, 0.29) is 23.1 Å². The van der Waals surface area contributed by atoms with Gasteiger partial charge in [0.05, 0.1) is 23.2 Å². The van der Waals surface area contributed by atoms with E-state index in [0.717, 1.165) is 68.6 Å².